The van der Waals surface area contributed by atoms with Crippen molar-refractivity contribution in [3.8, 4) is 11.4 Å². The van der Waals surface area contributed by atoms with Crippen molar-refractivity contribution >= 4 is 11.8 Å². The number of aromatic nitrogens is 5. The van der Waals surface area contributed by atoms with Gasteiger partial charge < -0.3 is 4.52 Å². The highest BCUT2D eigenvalue weighted by atomic mass is 32.2. The maximum absolute atomic E-state index is 5.41. The number of allylic oxidation sites excluding steroid dienone is 1. The molecule has 0 aliphatic carbocycles. The Balaban J connectivity index is 1.48. The van der Waals surface area contributed by atoms with Crippen LogP contribution in [0.25, 0.3) is 11.4 Å². The lowest BCUT2D eigenvalue weighted by Gasteiger charge is -2.07. The van der Waals surface area contributed by atoms with Crippen LogP contribution in [0.5, 0.6) is 0 Å². The number of benzene rings is 2. The molecule has 4 rings (SSSR count). The second-order valence-corrected chi connectivity index (χ2v) is 7.57. The molecular weight excluding hydrogens is 382 g/mol. The van der Waals surface area contributed by atoms with Crippen LogP contribution in [0.2, 0.25) is 0 Å². The van der Waals surface area contributed by atoms with Gasteiger partial charge in [-0.3, -0.25) is 4.57 Å². The normalized spacial score (nSPS) is 10.9. The van der Waals surface area contributed by atoms with Gasteiger partial charge in [-0.2, -0.15) is 4.98 Å². The Kier molecular flexibility index (Phi) is 5.86. The predicted molar refractivity (Wildman–Crippen MR) is 113 cm³/mol. The first kappa shape index (κ1) is 19.1. The summed E-state index contributed by atoms with van der Waals surface area (Å²) in [5.41, 5.74) is 3.37. The molecule has 0 unspecified atom stereocenters. The van der Waals surface area contributed by atoms with Crippen LogP contribution in [0, 0.1) is 6.92 Å². The third-order valence-corrected chi connectivity index (χ3v) is 5.30. The molecule has 0 spiro atoms. The first-order valence-corrected chi connectivity index (χ1v) is 10.3. The standard InChI is InChI=1S/C22H21N5OS/c1-3-12-27-21(18-11-7-8-16(2)13-18)24-25-22(27)29-15-20-23-19(26-28-20)14-17-9-5-4-6-10-17/h3-11,13H,1,12,14-15H2,2H3. The Morgan fingerprint density at radius 1 is 1.10 bits per heavy atom. The van der Waals surface area contributed by atoms with Gasteiger partial charge in [-0.05, 0) is 18.6 Å². The highest BCUT2D eigenvalue weighted by molar-refractivity contribution is 7.98. The summed E-state index contributed by atoms with van der Waals surface area (Å²) in [6, 6.07) is 18.3. The summed E-state index contributed by atoms with van der Waals surface area (Å²) in [7, 11) is 0. The Morgan fingerprint density at radius 2 is 1.97 bits per heavy atom. The molecule has 0 radical (unpaired) electrons. The van der Waals surface area contributed by atoms with Gasteiger partial charge in [0.25, 0.3) is 0 Å². The fraction of sp³-hybridized carbons (Fsp3) is 0.182. The number of rotatable bonds is 8. The Bertz CT molecular complexity index is 1100. The van der Waals surface area contributed by atoms with Crippen LogP contribution in [0.4, 0.5) is 0 Å². The molecule has 2 heterocycles. The lowest BCUT2D eigenvalue weighted by atomic mass is 10.1. The van der Waals surface area contributed by atoms with Crippen LogP contribution in [0.3, 0.4) is 0 Å². The number of hydrogen-bond acceptors (Lipinski definition) is 6. The summed E-state index contributed by atoms with van der Waals surface area (Å²) in [4.78, 5) is 4.50. The maximum atomic E-state index is 5.41. The zero-order valence-corrected chi connectivity index (χ0v) is 17.0. The monoisotopic (exact) mass is 403 g/mol. The largest absolute Gasteiger partial charge is 0.338 e. The third kappa shape index (κ3) is 4.63. The van der Waals surface area contributed by atoms with Gasteiger partial charge in [0.15, 0.2) is 16.8 Å². The van der Waals surface area contributed by atoms with E-state index in [0.29, 0.717) is 30.4 Å². The molecule has 7 heteroatoms. The van der Waals surface area contributed by atoms with E-state index in [-0.39, 0.29) is 0 Å². The van der Waals surface area contributed by atoms with Crippen LogP contribution >= 0.6 is 11.8 Å². The average molecular weight is 404 g/mol. The van der Waals surface area contributed by atoms with Crippen molar-refractivity contribution in [3.05, 3.63) is 90.1 Å². The number of aryl methyl sites for hydroxylation is 1. The first-order valence-electron chi connectivity index (χ1n) is 9.32. The second kappa shape index (κ2) is 8.87. The van der Waals surface area contributed by atoms with E-state index in [2.05, 4.69) is 58.1 Å². The van der Waals surface area contributed by atoms with E-state index in [1.807, 2.05) is 41.0 Å². The van der Waals surface area contributed by atoms with Crippen molar-refractivity contribution in [1.82, 2.24) is 24.9 Å². The molecule has 0 saturated heterocycles. The predicted octanol–water partition coefficient (Wildman–Crippen LogP) is 4.71. The van der Waals surface area contributed by atoms with Gasteiger partial charge in [0.05, 0.1) is 5.75 Å². The van der Waals surface area contributed by atoms with Crippen molar-refractivity contribution in [1.29, 1.82) is 0 Å². The third-order valence-electron chi connectivity index (χ3n) is 4.34. The summed E-state index contributed by atoms with van der Waals surface area (Å²) >= 11 is 1.52. The number of thioether (sulfide) groups is 1. The topological polar surface area (TPSA) is 69.6 Å². The molecule has 2 aromatic carbocycles. The van der Waals surface area contributed by atoms with Crippen molar-refractivity contribution in [2.24, 2.45) is 0 Å². The Labute approximate surface area is 173 Å². The SMILES string of the molecule is C=CCn1c(SCc2nc(Cc3ccccc3)no2)nnc1-c1cccc(C)c1. The molecule has 4 aromatic rings. The molecule has 0 atom stereocenters. The van der Waals surface area contributed by atoms with E-state index < -0.39 is 0 Å². The molecule has 6 nitrogen and oxygen atoms in total. The van der Waals surface area contributed by atoms with E-state index in [9.17, 15) is 0 Å². The molecule has 29 heavy (non-hydrogen) atoms. The van der Waals surface area contributed by atoms with E-state index >= 15 is 0 Å². The van der Waals surface area contributed by atoms with E-state index in [1.165, 1.54) is 17.3 Å². The molecule has 0 amide bonds. The van der Waals surface area contributed by atoms with Gasteiger partial charge in [-0.1, -0.05) is 77.1 Å². The minimum atomic E-state index is 0.533. The fourth-order valence-electron chi connectivity index (χ4n) is 3.01. The molecule has 0 N–H and O–H groups in total. The van der Waals surface area contributed by atoms with Crippen LogP contribution in [-0.4, -0.2) is 24.9 Å². The van der Waals surface area contributed by atoms with Gasteiger partial charge in [-0.15, -0.1) is 16.8 Å². The fourth-order valence-corrected chi connectivity index (χ4v) is 3.80. The lowest BCUT2D eigenvalue weighted by Crippen LogP contribution is -2.01. The highest BCUT2D eigenvalue weighted by Crippen LogP contribution is 2.26. The summed E-state index contributed by atoms with van der Waals surface area (Å²) in [6.07, 6.45) is 2.50. The quantitative estimate of drug-likeness (QED) is 0.314. The van der Waals surface area contributed by atoms with E-state index in [1.54, 1.807) is 0 Å². The van der Waals surface area contributed by atoms with Crippen molar-refractivity contribution in [3.63, 3.8) is 0 Å². The minimum Gasteiger partial charge on any atom is -0.338 e. The lowest BCUT2D eigenvalue weighted by molar-refractivity contribution is 0.385. The molecule has 2 aromatic heterocycles. The van der Waals surface area contributed by atoms with Gasteiger partial charge in [0.1, 0.15) is 0 Å². The molecule has 0 fully saturated rings. The summed E-state index contributed by atoms with van der Waals surface area (Å²) in [6.45, 7) is 6.56. The molecule has 0 saturated carbocycles. The summed E-state index contributed by atoms with van der Waals surface area (Å²) in [5.74, 6) is 2.61. The number of nitrogens with zero attached hydrogens (tertiary/aromatic N) is 5. The molecule has 0 aliphatic heterocycles. The Morgan fingerprint density at radius 3 is 2.76 bits per heavy atom. The minimum absolute atomic E-state index is 0.533. The zero-order valence-electron chi connectivity index (χ0n) is 16.2. The molecular formula is C22H21N5OS. The smallest absolute Gasteiger partial charge is 0.237 e. The van der Waals surface area contributed by atoms with Gasteiger partial charge >= 0.3 is 0 Å². The van der Waals surface area contributed by atoms with Gasteiger partial charge in [0.2, 0.25) is 5.89 Å². The molecule has 146 valence electrons. The first-order chi connectivity index (χ1) is 14.2. The average Bonchev–Trinajstić information content (AvgIpc) is 3.34. The van der Waals surface area contributed by atoms with Crippen molar-refractivity contribution < 1.29 is 4.52 Å². The highest BCUT2D eigenvalue weighted by Gasteiger charge is 2.15. The maximum Gasteiger partial charge on any atom is 0.237 e. The van der Waals surface area contributed by atoms with Crippen LogP contribution in [0.1, 0.15) is 22.8 Å². The van der Waals surface area contributed by atoms with E-state index in [4.69, 9.17) is 4.52 Å². The summed E-state index contributed by atoms with van der Waals surface area (Å²) in [5, 5.41) is 13.6. The zero-order chi connectivity index (χ0) is 20.1. The van der Waals surface area contributed by atoms with Gasteiger partial charge in [-0.25, -0.2) is 0 Å². The van der Waals surface area contributed by atoms with Crippen molar-refractivity contribution in [2.45, 2.75) is 30.8 Å². The second-order valence-electron chi connectivity index (χ2n) is 6.63. The van der Waals surface area contributed by atoms with Crippen LogP contribution in [0.15, 0.2) is 76.9 Å². The van der Waals surface area contributed by atoms with Gasteiger partial charge in [0, 0.05) is 18.5 Å². The van der Waals surface area contributed by atoms with Crippen molar-refractivity contribution in [2.75, 3.05) is 0 Å². The summed E-state index contributed by atoms with van der Waals surface area (Å²) < 4.78 is 7.46. The van der Waals surface area contributed by atoms with Crippen LogP contribution in [-0.2, 0) is 18.7 Å². The molecule has 0 bridgehead atoms. The van der Waals surface area contributed by atoms with E-state index in [0.717, 1.165) is 22.1 Å². The molecule has 0 aliphatic rings. The number of hydrogen-bond donors (Lipinski definition) is 0. The van der Waals surface area contributed by atoms with Crippen LogP contribution < -0.4 is 0 Å². The Hall–Kier alpha value is -3.19.